The lowest BCUT2D eigenvalue weighted by Gasteiger charge is -2.14. The Labute approximate surface area is 88.9 Å². The SMILES string of the molecule is CCC(CCO)CNCCCC(F)(F)F. The molecule has 0 radical (unpaired) electrons. The maximum atomic E-state index is 11.8. The second-order valence-electron chi connectivity index (χ2n) is 3.71. The van der Waals surface area contributed by atoms with Crippen molar-refractivity contribution in [1.82, 2.24) is 5.32 Å². The maximum absolute atomic E-state index is 11.8. The molecule has 0 aromatic carbocycles. The van der Waals surface area contributed by atoms with E-state index in [4.69, 9.17) is 5.11 Å². The van der Waals surface area contributed by atoms with Gasteiger partial charge in [-0.2, -0.15) is 13.2 Å². The van der Waals surface area contributed by atoms with E-state index >= 15 is 0 Å². The highest BCUT2D eigenvalue weighted by Gasteiger charge is 2.25. The molecule has 1 unspecified atom stereocenters. The Kier molecular flexibility index (Phi) is 7.78. The van der Waals surface area contributed by atoms with Gasteiger partial charge in [-0.1, -0.05) is 13.3 Å². The van der Waals surface area contributed by atoms with E-state index in [1.54, 1.807) is 0 Å². The van der Waals surface area contributed by atoms with Gasteiger partial charge in [0.05, 0.1) is 0 Å². The summed E-state index contributed by atoms with van der Waals surface area (Å²) in [6.45, 7) is 3.23. The number of nitrogens with one attached hydrogen (secondary N) is 1. The van der Waals surface area contributed by atoms with Gasteiger partial charge in [0.2, 0.25) is 0 Å². The number of hydrogen-bond donors (Lipinski definition) is 2. The number of hydrogen-bond acceptors (Lipinski definition) is 2. The van der Waals surface area contributed by atoms with Crippen LogP contribution in [0, 0.1) is 5.92 Å². The van der Waals surface area contributed by atoms with Crippen molar-refractivity contribution < 1.29 is 18.3 Å². The first-order valence-electron chi connectivity index (χ1n) is 5.38. The zero-order valence-corrected chi connectivity index (χ0v) is 9.11. The first-order chi connectivity index (χ1) is 6.99. The number of aliphatic hydroxyl groups is 1. The molecule has 0 rings (SSSR count). The monoisotopic (exact) mass is 227 g/mol. The van der Waals surface area contributed by atoms with Gasteiger partial charge in [0, 0.05) is 13.0 Å². The van der Waals surface area contributed by atoms with Crippen LogP contribution >= 0.6 is 0 Å². The van der Waals surface area contributed by atoms with Gasteiger partial charge in [-0.05, 0) is 31.8 Å². The minimum atomic E-state index is -4.04. The van der Waals surface area contributed by atoms with Gasteiger partial charge < -0.3 is 10.4 Å². The Balaban J connectivity index is 3.36. The van der Waals surface area contributed by atoms with Crippen molar-refractivity contribution in [3.8, 4) is 0 Å². The van der Waals surface area contributed by atoms with E-state index in [1.165, 1.54) is 0 Å². The Morgan fingerprint density at radius 1 is 1.33 bits per heavy atom. The molecule has 0 saturated heterocycles. The summed E-state index contributed by atoms with van der Waals surface area (Å²) in [5.41, 5.74) is 0. The quantitative estimate of drug-likeness (QED) is 0.624. The molecule has 0 spiro atoms. The molecule has 2 N–H and O–H groups in total. The van der Waals surface area contributed by atoms with Gasteiger partial charge in [0.25, 0.3) is 0 Å². The highest BCUT2D eigenvalue weighted by atomic mass is 19.4. The van der Waals surface area contributed by atoms with Crippen LogP contribution in [-0.2, 0) is 0 Å². The third-order valence-corrected chi connectivity index (χ3v) is 2.36. The predicted molar refractivity (Wildman–Crippen MR) is 53.6 cm³/mol. The molecule has 5 heteroatoms. The van der Waals surface area contributed by atoms with Crippen molar-refractivity contribution >= 4 is 0 Å². The van der Waals surface area contributed by atoms with Crippen LogP contribution in [0.1, 0.15) is 32.6 Å². The van der Waals surface area contributed by atoms with Gasteiger partial charge in [-0.15, -0.1) is 0 Å². The van der Waals surface area contributed by atoms with E-state index in [1.807, 2.05) is 6.92 Å². The van der Waals surface area contributed by atoms with Crippen LogP contribution < -0.4 is 5.32 Å². The second-order valence-corrected chi connectivity index (χ2v) is 3.71. The van der Waals surface area contributed by atoms with Gasteiger partial charge >= 0.3 is 6.18 Å². The van der Waals surface area contributed by atoms with Gasteiger partial charge in [0.15, 0.2) is 0 Å². The normalized spacial score (nSPS) is 14.2. The van der Waals surface area contributed by atoms with Crippen LogP contribution in [-0.4, -0.2) is 31.0 Å². The molecule has 0 heterocycles. The minimum absolute atomic E-state index is 0.124. The third-order valence-electron chi connectivity index (χ3n) is 2.36. The standard InChI is InChI=1S/C10H20F3NO/c1-2-9(4-7-15)8-14-6-3-5-10(11,12)13/h9,14-15H,2-8H2,1H3. The summed E-state index contributed by atoms with van der Waals surface area (Å²) in [4.78, 5) is 0. The molecule has 92 valence electrons. The average Bonchev–Trinajstić information content (AvgIpc) is 2.14. The van der Waals surface area contributed by atoms with E-state index in [-0.39, 0.29) is 13.0 Å². The third kappa shape index (κ3) is 10.0. The molecule has 0 amide bonds. The highest BCUT2D eigenvalue weighted by molar-refractivity contribution is 4.61. The summed E-state index contributed by atoms with van der Waals surface area (Å²) in [6, 6.07) is 0. The van der Waals surface area contributed by atoms with E-state index in [2.05, 4.69) is 5.32 Å². The molecular formula is C10H20F3NO. The fourth-order valence-electron chi connectivity index (χ4n) is 1.35. The summed E-state index contributed by atoms with van der Waals surface area (Å²) in [5, 5.41) is 11.7. The summed E-state index contributed by atoms with van der Waals surface area (Å²) in [5.74, 6) is 0.362. The molecule has 0 aliphatic rings. The summed E-state index contributed by atoms with van der Waals surface area (Å²) in [7, 11) is 0. The maximum Gasteiger partial charge on any atom is 0.389 e. The number of aliphatic hydroxyl groups excluding tert-OH is 1. The zero-order chi connectivity index (χ0) is 11.7. The first kappa shape index (κ1) is 14.7. The van der Waals surface area contributed by atoms with Gasteiger partial charge in [0.1, 0.15) is 0 Å². The Morgan fingerprint density at radius 3 is 2.47 bits per heavy atom. The summed E-state index contributed by atoms with van der Waals surface area (Å²) >= 11 is 0. The van der Waals surface area contributed by atoms with Crippen LogP contribution in [0.15, 0.2) is 0 Å². The first-order valence-corrected chi connectivity index (χ1v) is 5.38. The van der Waals surface area contributed by atoms with E-state index < -0.39 is 12.6 Å². The number of halogens is 3. The number of alkyl halides is 3. The molecule has 15 heavy (non-hydrogen) atoms. The van der Waals surface area contributed by atoms with Crippen LogP contribution in [0.3, 0.4) is 0 Å². The van der Waals surface area contributed by atoms with Crippen LogP contribution in [0.4, 0.5) is 13.2 Å². The molecule has 0 saturated carbocycles. The molecule has 1 atom stereocenters. The summed E-state index contributed by atoms with van der Waals surface area (Å²) < 4.78 is 35.3. The second kappa shape index (κ2) is 7.93. The molecule has 0 aliphatic heterocycles. The summed E-state index contributed by atoms with van der Waals surface area (Å²) in [6.07, 6.45) is -3.00. The molecule has 0 aromatic heterocycles. The fraction of sp³-hybridized carbons (Fsp3) is 1.00. The Hall–Kier alpha value is -0.290. The lowest BCUT2D eigenvalue weighted by molar-refractivity contribution is -0.135. The molecule has 0 aromatic rings. The lowest BCUT2D eigenvalue weighted by atomic mass is 10.0. The minimum Gasteiger partial charge on any atom is -0.396 e. The Bertz CT molecular complexity index is 150. The van der Waals surface area contributed by atoms with Gasteiger partial charge in [-0.3, -0.25) is 0 Å². The Morgan fingerprint density at radius 2 is 2.00 bits per heavy atom. The molecule has 0 aliphatic carbocycles. The zero-order valence-electron chi connectivity index (χ0n) is 9.11. The highest BCUT2D eigenvalue weighted by Crippen LogP contribution is 2.20. The van der Waals surface area contributed by atoms with Crippen molar-refractivity contribution in [3.05, 3.63) is 0 Å². The van der Waals surface area contributed by atoms with Crippen molar-refractivity contribution in [2.45, 2.75) is 38.8 Å². The van der Waals surface area contributed by atoms with Crippen molar-refractivity contribution in [1.29, 1.82) is 0 Å². The molecule has 0 fully saturated rings. The van der Waals surface area contributed by atoms with Crippen molar-refractivity contribution in [2.24, 2.45) is 5.92 Å². The van der Waals surface area contributed by atoms with Crippen molar-refractivity contribution in [2.75, 3.05) is 19.7 Å². The smallest absolute Gasteiger partial charge is 0.389 e. The number of rotatable bonds is 8. The van der Waals surface area contributed by atoms with Gasteiger partial charge in [-0.25, -0.2) is 0 Å². The van der Waals surface area contributed by atoms with Crippen molar-refractivity contribution in [3.63, 3.8) is 0 Å². The van der Waals surface area contributed by atoms with Crippen LogP contribution in [0.2, 0.25) is 0 Å². The predicted octanol–water partition coefficient (Wildman–Crippen LogP) is 2.33. The van der Waals surface area contributed by atoms with E-state index in [0.29, 0.717) is 25.4 Å². The fourth-order valence-corrected chi connectivity index (χ4v) is 1.35. The molecule has 0 bridgehead atoms. The largest absolute Gasteiger partial charge is 0.396 e. The lowest BCUT2D eigenvalue weighted by Crippen LogP contribution is -2.25. The van der Waals surface area contributed by atoms with E-state index in [9.17, 15) is 13.2 Å². The molecular weight excluding hydrogens is 207 g/mol. The van der Waals surface area contributed by atoms with Crippen LogP contribution in [0.25, 0.3) is 0 Å². The topological polar surface area (TPSA) is 32.3 Å². The van der Waals surface area contributed by atoms with E-state index in [0.717, 1.165) is 6.42 Å². The van der Waals surface area contributed by atoms with Crippen LogP contribution in [0.5, 0.6) is 0 Å². The average molecular weight is 227 g/mol. The molecule has 2 nitrogen and oxygen atoms in total.